The normalized spacial score (nSPS) is 10.9. The second-order valence-electron chi connectivity index (χ2n) is 5.89. The van der Waals surface area contributed by atoms with E-state index in [0.29, 0.717) is 23.0 Å². The van der Waals surface area contributed by atoms with Crippen molar-refractivity contribution in [2.24, 2.45) is 0 Å². The summed E-state index contributed by atoms with van der Waals surface area (Å²) in [5.74, 6) is 2.21. The third-order valence-electron chi connectivity index (χ3n) is 4.22. The fraction of sp³-hybridized carbons (Fsp3) is 0.190. The number of phenols is 1. The number of nitrogens with one attached hydrogen (secondary N) is 1. The molecule has 3 rings (SSSR count). The maximum absolute atomic E-state index is 9.73. The Morgan fingerprint density at radius 2 is 1.50 bits per heavy atom. The molecule has 0 bridgehead atoms. The quantitative estimate of drug-likeness (QED) is 0.643. The van der Waals surface area contributed by atoms with Gasteiger partial charge in [-0.25, -0.2) is 0 Å². The van der Waals surface area contributed by atoms with Crippen LogP contribution >= 0.6 is 0 Å². The Labute approximate surface area is 163 Å². The second kappa shape index (κ2) is 8.39. The van der Waals surface area contributed by atoms with Gasteiger partial charge in [-0.3, -0.25) is 5.10 Å². The van der Waals surface area contributed by atoms with E-state index in [2.05, 4.69) is 10.2 Å². The van der Waals surface area contributed by atoms with E-state index in [4.69, 9.17) is 18.9 Å². The Morgan fingerprint density at radius 1 is 0.821 bits per heavy atom. The highest BCUT2D eigenvalue weighted by Crippen LogP contribution is 2.38. The van der Waals surface area contributed by atoms with Crippen LogP contribution in [0.15, 0.2) is 36.4 Å². The van der Waals surface area contributed by atoms with Crippen molar-refractivity contribution in [3.05, 3.63) is 47.7 Å². The van der Waals surface area contributed by atoms with Crippen LogP contribution in [0.1, 0.15) is 11.3 Å². The lowest BCUT2D eigenvalue weighted by Crippen LogP contribution is -1.95. The summed E-state index contributed by atoms with van der Waals surface area (Å²) in [4.78, 5) is 0. The zero-order chi connectivity index (χ0) is 20.1. The number of methoxy groups -OCH3 is 4. The number of aromatic nitrogens is 2. The standard InChI is InChI=1S/C21H22N2O5/c1-25-18-11-14(6-8-17(18)24)16-12-15(22-23-16)7-5-13-9-19(26-2)21(28-4)20(10-13)27-3/h5-12,24H,1-4H3,(H,22,23)/b7-5+. The van der Waals surface area contributed by atoms with Crippen molar-refractivity contribution in [2.75, 3.05) is 28.4 Å². The molecular formula is C21H22N2O5. The summed E-state index contributed by atoms with van der Waals surface area (Å²) in [5, 5.41) is 17.0. The molecule has 0 fully saturated rings. The van der Waals surface area contributed by atoms with Crippen LogP contribution in [0.2, 0.25) is 0 Å². The van der Waals surface area contributed by atoms with Crippen molar-refractivity contribution in [2.45, 2.75) is 0 Å². The Morgan fingerprint density at radius 3 is 2.11 bits per heavy atom. The number of aromatic hydroxyl groups is 1. The van der Waals surface area contributed by atoms with Gasteiger partial charge in [0.2, 0.25) is 5.75 Å². The molecule has 28 heavy (non-hydrogen) atoms. The summed E-state index contributed by atoms with van der Waals surface area (Å²) in [6.45, 7) is 0. The van der Waals surface area contributed by atoms with Crippen molar-refractivity contribution in [3.8, 4) is 40.0 Å². The molecule has 0 unspecified atom stereocenters. The molecule has 0 amide bonds. The van der Waals surface area contributed by atoms with E-state index >= 15 is 0 Å². The Balaban J connectivity index is 1.86. The van der Waals surface area contributed by atoms with E-state index in [1.807, 2.05) is 30.4 Å². The number of phenolic OH excluding ortho intramolecular Hbond substituents is 1. The predicted molar refractivity (Wildman–Crippen MR) is 107 cm³/mol. The van der Waals surface area contributed by atoms with Crippen LogP contribution in [0.25, 0.3) is 23.4 Å². The Kier molecular flexibility index (Phi) is 5.74. The van der Waals surface area contributed by atoms with Crippen LogP contribution in [0, 0.1) is 0 Å². The number of hydrogen-bond donors (Lipinski definition) is 2. The zero-order valence-corrected chi connectivity index (χ0v) is 16.1. The molecule has 7 nitrogen and oxygen atoms in total. The predicted octanol–water partition coefficient (Wildman–Crippen LogP) is 3.99. The maximum atomic E-state index is 9.73. The van der Waals surface area contributed by atoms with Crippen LogP contribution in [-0.4, -0.2) is 43.7 Å². The third kappa shape index (κ3) is 3.88. The number of aromatic amines is 1. The number of benzene rings is 2. The highest BCUT2D eigenvalue weighted by atomic mass is 16.5. The summed E-state index contributed by atoms with van der Waals surface area (Å²) in [6, 6.07) is 10.7. The maximum Gasteiger partial charge on any atom is 0.203 e. The second-order valence-corrected chi connectivity index (χ2v) is 5.89. The molecule has 1 heterocycles. The van der Waals surface area contributed by atoms with Crippen LogP contribution < -0.4 is 18.9 Å². The van der Waals surface area contributed by atoms with Gasteiger partial charge in [-0.2, -0.15) is 5.10 Å². The minimum absolute atomic E-state index is 0.0873. The van der Waals surface area contributed by atoms with E-state index in [9.17, 15) is 5.11 Å². The summed E-state index contributed by atoms with van der Waals surface area (Å²) in [7, 11) is 6.24. The number of H-pyrrole nitrogens is 1. The molecule has 0 spiro atoms. The van der Waals surface area contributed by atoms with Crippen LogP contribution in [0.3, 0.4) is 0 Å². The molecule has 146 valence electrons. The van der Waals surface area contributed by atoms with Crippen molar-refractivity contribution in [1.29, 1.82) is 0 Å². The van der Waals surface area contributed by atoms with E-state index in [-0.39, 0.29) is 5.75 Å². The Hall–Kier alpha value is -3.61. The molecule has 0 aliphatic carbocycles. The highest BCUT2D eigenvalue weighted by molar-refractivity contribution is 5.74. The molecule has 0 saturated carbocycles. The number of rotatable bonds is 7. The summed E-state index contributed by atoms with van der Waals surface area (Å²) >= 11 is 0. The van der Waals surface area contributed by atoms with Crippen molar-refractivity contribution < 1.29 is 24.1 Å². The lowest BCUT2D eigenvalue weighted by Gasteiger charge is -2.12. The first-order chi connectivity index (χ1) is 13.6. The topological polar surface area (TPSA) is 85.8 Å². The van der Waals surface area contributed by atoms with Gasteiger partial charge in [0.05, 0.1) is 39.8 Å². The smallest absolute Gasteiger partial charge is 0.203 e. The summed E-state index contributed by atoms with van der Waals surface area (Å²) in [5.41, 5.74) is 3.27. The zero-order valence-electron chi connectivity index (χ0n) is 16.1. The minimum Gasteiger partial charge on any atom is -0.504 e. The van der Waals surface area contributed by atoms with Gasteiger partial charge in [-0.15, -0.1) is 0 Å². The molecule has 7 heteroatoms. The molecule has 2 aromatic carbocycles. The SMILES string of the molecule is COc1cc(-c2cc(/C=C/c3cc(OC)c(OC)c(OC)c3)[nH]n2)ccc1O. The van der Waals surface area contributed by atoms with Gasteiger partial charge in [0.1, 0.15) is 0 Å². The van der Waals surface area contributed by atoms with E-state index in [0.717, 1.165) is 22.5 Å². The molecule has 0 saturated heterocycles. The van der Waals surface area contributed by atoms with Gasteiger partial charge in [0.15, 0.2) is 23.0 Å². The van der Waals surface area contributed by atoms with Gasteiger partial charge < -0.3 is 24.1 Å². The third-order valence-corrected chi connectivity index (χ3v) is 4.22. The molecule has 1 aromatic heterocycles. The monoisotopic (exact) mass is 382 g/mol. The molecule has 0 aliphatic heterocycles. The van der Waals surface area contributed by atoms with Crippen LogP contribution in [0.5, 0.6) is 28.7 Å². The largest absolute Gasteiger partial charge is 0.504 e. The molecule has 2 N–H and O–H groups in total. The van der Waals surface area contributed by atoms with Crippen molar-refractivity contribution >= 4 is 12.2 Å². The minimum atomic E-state index is 0.0873. The van der Waals surface area contributed by atoms with Gasteiger partial charge in [-0.05, 0) is 48.0 Å². The van der Waals surface area contributed by atoms with Crippen LogP contribution in [-0.2, 0) is 0 Å². The van der Waals surface area contributed by atoms with Gasteiger partial charge in [0.25, 0.3) is 0 Å². The molecule has 0 atom stereocenters. The van der Waals surface area contributed by atoms with E-state index in [1.54, 1.807) is 39.5 Å². The molecule has 3 aromatic rings. The average Bonchev–Trinajstić information content (AvgIpc) is 3.20. The molecule has 0 aliphatic rings. The van der Waals surface area contributed by atoms with Crippen molar-refractivity contribution in [3.63, 3.8) is 0 Å². The Bertz CT molecular complexity index is 969. The number of hydrogen-bond acceptors (Lipinski definition) is 6. The van der Waals surface area contributed by atoms with E-state index < -0.39 is 0 Å². The molecular weight excluding hydrogens is 360 g/mol. The lowest BCUT2D eigenvalue weighted by molar-refractivity contribution is 0.324. The van der Waals surface area contributed by atoms with Gasteiger partial charge in [0, 0.05) is 5.56 Å². The van der Waals surface area contributed by atoms with Crippen molar-refractivity contribution in [1.82, 2.24) is 10.2 Å². The number of ether oxygens (including phenoxy) is 4. The number of nitrogens with zero attached hydrogens (tertiary/aromatic N) is 1. The first-order valence-corrected chi connectivity index (χ1v) is 8.50. The summed E-state index contributed by atoms with van der Waals surface area (Å²) in [6.07, 6.45) is 3.81. The lowest BCUT2D eigenvalue weighted by atomic mass is 10.1. The summed E-state index contributed by atoms with van der Waals surface area (Å²) < 4.78 is 21.2. The van der Waals surface area contributed by atoms with Crippen LogP contribution in [0.4, 0.5) is 0 Å². The first-order valence-electron chi connectivity index (χ1n) is 8.50. The van der Waals surface area contributed by atoms with Gasteiger partial charge >= 0.3 is 0 Å². The van der Waals surface area contributed by atoms with Gasteiger partial charge in [-0.1, -0.05) is 6.08 Å². The average molecular weight is 382 g/mol. The highest BCUT2D eigenvalue weighted by Gasteiger charge is 2.12. The fourth-order valence-electron chi connectivity index (χ4n) is 2.79. The van der Waals surface area contributed by atoms with E-state index in [1.165, 1.54) is 7.11 Å². The molecule has 0 radical (unpaired) electrons. The fourth-order valence-corrected chi connectivity index (χ4v) is 2.79. The first kappa shape index (κ1) is 19.2.